The average Bonchev–Trinajstić information content (AvgIpc) is 2.92. The largest absolute Gasteiger partial charge is 0.480 e. The van der Waals surface area contributed by atoms with Gasteiger partial charge in [-0.15, -0.1) is 0 Å². The summed E-state index contributed by atoms with van der Waals surface area (Å²) in [6, 6.07) is 0.811. The molecule has 1 amide bonds. The van der Waals surface area contributed by atoms with E-state index in [-0.39, 0.29) is 36.2 Å². The van der Waals surface area contributed by atoms with E-state index in [4.69, 9.17) is 4.74 Å². The predicted octanol–water partition coefficient (Wildman–Crippen LogP) is 1.69. The highest BCUT2D eigenvalue weighted by atomic mass is 16.5. The van der Waals surface area contributed by atoms with Crippen LogP contribution in [0.2, 0.25) is 0 Å². The Kier molecular flexibility index (Phi) is 4.79. The zero-order valence-corrected chi connectivity index (χ0v) is 14.4. The van der Waals surface area contributed by atoms with E-state index in [0.717, 1.165) is 5.69 Å². The predicted molar refractivity (Wildman–Crippen MR) is 84.6 cm³/mol. The lowest BCUT2D eigenvalue weighted by molar-refractivity contribution is -0.147. The first-order valence-electron chi connectivity index (χ1n) is 7.85. The molecule has 0 bridgehead atoms. The Balaban J connectivity index is 2.37. The summed E-state index contributed by atoms with van der Waals surface area (Å²) >= 11 is 0. The minimum Gasteiger partial charge on any atom is -0.480 e. The minimum absolute atomic E-state index is 0.0120. The monoisotopic (exact) mass is 323 g/mol. The van der Waals surface area contributed by atoms with Crippen LogP contribution in [0.15, 0.2) is 6.07 Å². The molecule has 1 aliphatic rings. The lowest BCUT2D eigenvalue weighted by Gasteiger charge is -2.32. The number of carbonyl (C=O) groups excluding carboxylic acids is 1. The van der Waals surface area contributed by atoms with Crippen molar-refractivity contribution in [2.45, 2.75) is 52.1 Å². The molecule has 2 heterocycles. The van der Waals surface area contributed by atoms with Crippen molar-refractivity contribution in [1.29, 1.82) is 0 Å². The maximum atomic E-state index is 12.8. The fourth-order valence-corrected chi connectivity index (χ4v) is 2.65. The minimum atomic E-state index is -1.06. The quantitative estimate of drug-likeness (QED) is 0.915. The number of aliphatic carboxylic acids is 1. The van der Waals surface area contributed by atoms with Crippen LogP contribution in [0.5, 0.6) is 0 Å². The van der Waals surface area contributed by atoms with Crippen LogP contribution < -0.4 is 0 Å². The van der Waals surface area contributed by atoms with Gasteiger partial charge in [-0.25, -0.2) is 4.79 Å². The molecule has 1 fully saturated rings. The lowest BCUT2D eigenvalue weighted by Crippen LogP contribution is -2.52. The number of morpholine rings is 1. The van der Waals surface area contributed by atoms with Crippen molar-refractivity contribution in [2.75, 3.05) is 19.8 Å². The van der Waals surface area contributed by atoms with Crippen LogP contribution in [0, 0.1) is 0 Å². The second-order valence-electron chi connectivity index (χ2n) is 7.12. The van der Waals surface area contributed by atoms with Crippen molar-refractivity contribution < 1.29 is 19.4 Å². The van der Waals surface area contributed by atoms with Crippen LogP contribution in [0.3, 0.4) is 0 Å². The van der Waals surface area contributed by atoms with Crippen molar-refractivity contribution in [2.24, 2.45) is 0 Å². The number of aromatic nitrogens is 2. The molecule has 1 aromatic heterocycles. The first kappa shape index (κ1) is 17.5. The number of carboxylic acids is 1. The molecule has 128 valence electrons. The third-order valence-electron chi connectivity index (χ3n) is 3.86. The summed E-state index contributed by atoms with van der Waals surface area (Å²) in [4.78, 5) is 25.4. The van der Waals surface area contributed by atoms with E-state index in [1.807, 2.05) is 39.3 Å². The van der Waals surface area contributed by atoms with Gasteiger partial charge in [0.25, 0.3) is 5.91 Å². The summed E-state index contributed by atoms with van der Waals surface area (Å²) in [6.07, 6.45) is 0. The summed E-state index contributed by atoms with van der Waals surface area (Å²) in [6.45, 7) is 10.8. The van der Waals surface area contributed by atoms with E-state index in [1.165, 1.54) is 4.90 Å². The third kappa shape index (κ3) is 3.55. The number of amides is 1. The average molecular weight is 323 g/mol. The van der Waals surface area contributed by atoms with Crippen molar-refractivity contribution in [3.05, 3.63) is 17.5 Å². The van der Waals surface area contributed by atoms with Gasteiger partial charge < -0.3 is 14.7 Å². The fraction of sp³-hybridized carbons (Fsp3) is 0.688. The molecule has 0 aromatic carbocycles. The number of hydrogen-bond acceptors (Lipinski definition) is 4. The molecule has 7 nitrogen and oxygen atoms in total. The molecular weight excluding hydrogens is 298 g/mol. The lowest BCUT2D eigenvalue weighted by atomic mass is 10.1. The highest BCUT2D eigenvalue weighted by Crippen LogP contribution is 2.24. The first-order chi connectivity index (χ1) is 10.6. The highest BCUT2D eigenvalue weighted by molar-refractivity contribution is 5.95. The normalized spacial score (nSPS) is 19.2. The molecule has 23 heavy (non-hydrogen) atoms. The Morgan fingerprint density at radius 3 is 2.52 bits per heavy atom. The van der Waals surface area contributed by atoms with Gasteiger partial charge in [-0.3, -0.25) is 9.48 Å². The molecule has 0 unspecified atom stereocenters. The number of rotatable bonds is 3. The van der Waals surface area contributed by atoms with Gasteiger partial charge >= 0.3 is 5.97 Å². The number of nitrogens with zero attached hydrogens (tertiary/aromatic N) is 3. The summed E-state index contributed by atoms with van der Waals surface area (Å²) in [5.41, 5.74) is 0.993. The molecule has 1 N–H and O–H groups in total. The van der Waals surface area contributed by atoms with E-state index in [1.54, 1.807) is 6.07 Å². The Bertz CT molecular complexity index is 601. The molecule has 7 heteroatoms. The van der Waals surface area contributed by atoms with Crippen LogP contribution in [0.25, 0.3) is 0 Å². The van der Waals surface area contributed by atoms with Gasteiger partial charge in [0.1, 0.15) is 0 Å². The van der Waals surface area contributed by atoms with Gasteiger partial charge in [0.05, 0.1) is 18.8 Å². The standard InChI is InChI=1S/C16H25N3O4/c1-10(2)12-8-11(17-19(12)16(3,4)5)14(20)18-6-7-23-9-13(18)15(21)22/h8,10,13H,6-7,9H2,1-5H3,(H,21,22)/t13-/m1/s1. The van der Waals surface area contributed by atoms with Crippen LogP contribution >= 0.6 is 0 Å². The number of carbonyl (C=O) groups is 2. The van der Waals surface area contributed by atoms with Crippen LogP contribution in [0.1, 0.15) is 56.7 Å². The van der Waals surface area contributed by atoms with Gasteiger partial charge in [0.15, 0.2) is 11.7 Å². The summed E-state index contributed by atoms with van der Waals surface area (Å²) in [5.74, 6) is -1.20. The van der Waals surface area contributed by atoms with Gasteiger partial charge in [-0.1, -0.05) is 13.8 Å². The van der Waals surface area contributed by atoms with E-state index < -0.39 is 12.0 Å². The Morgan fingerprint density at radius 1 is 1.39 bits per heavy atom. The van der Waals surface area contributed by atoms with E-state index in [2.05, 4.69) is 5.10 Å². The van der Waals surface area contributed by atoms with Crippen molar-refractivity contribution in [3.8, 4) is 0 Å². The molecular formula is C16H25N3O4. The molecule has 1 saturated heterocycles. The van der Waals surface area contributed by atoms with Crippen molar-refractivity contribution in [1.82, 2.24) is 14.7 Å². The molecule has 0 spiro atoms. The SMILES string of the molecule is CC(C)c1cc(C(=O)N2CCOC[C@@H]2C(=O)O)nn1C(C)(C)C. The van der Waals surface area contributed by atoms with Crippen molar-refractivity contribution >= 4 is 11.9 Å². The molecule has 1 aliphatic heterocycles. The molecule has 0 aliphatic carbocycles. The Labute approximate surface area is 136 Å². The van der Waals surface area contributed by atoms with Crippen molar-refractivity contribution in [3.63, 3.8) is 0 Å². The van der Waals surface area contributed by atoms with Crippen LogP contribution in [0.4, 0.5) is 0 Å². The number of ether oxygens (including phenoxy) is 1. The Hall–Kier alpha value is -1.89. The van der Waals surface area contributed by atoms with Gasteiger partial charge in [0.2, 0.25) is 0 Å². The summed E-state index contributed by atoms with van der Waals surface area (Å²) in [7, 11) is 0. The zero-order chi connectivity index (χ0) is 17.4. The second-order valence-corrected chi connectivity index (χ2v) is 7.12. The number of carboxylic acid groups (broad SMARTS) is 1. The molecule has 0 radical (unpaired) electrons. The van der Waals surface area contributed by atoms with Gasteiger partial charge in [0, 0.05) is 12.2 Å². The smallest absolute Gasteiger partial charge is 0.328 e. The highest BCUT2D eigenvalue weighted by Gasteiger charge is 2.35. The first-order valence-corrected chi connectivity index (χ1v) is 7.85. The number of hydrogen-bond donors (Lipinski definition) is 1. The van der Waals surface area contributed by atoms with E-state index in [0.29, 0.717) is 6.61 Å². The fourth-order valence-electron chi connectivity index (χ4n) is 2.65. The van der Waals surface area contributed by atoms with Gasteiger partial charge in [-0.05, 0) is 32.8 Å². The molecule has 1 aromatic rings. The maximum Gasteiger partial charge on any atom is 0.328 e. The Morgan fingerprint density at radius 2 is 2.04 bits per heavy atom. The van der Waals surface area contributed by atoms with E-state index in [9.17, 15) is 14.7 Å². The third-order valence-corrected chi connectivity index (χ3v) is 3.86. The molecule has 2 rings (SSSR count). The summed E-state index contributed by atoms with van der Waals surface area (Å²) in [5, 5.41) is 13.7. The molecule has 0 saturated carbocycles. The molecule has 1 atom stereocenters. The van der Waals surface area contributed by atoms with Crippen LogP contribution in [-0.2, 0) is 15.1 Å². The summed E-state index contributed by atoms with van der Waals surface area (Å²) < 4.78 is 7.03. The topological polar surface area (TPSA) is 84.7 Å². The van der Waals surface area contributed by atoms with Crippen LogP contribution in [-0.4, -0.2) is 57.5 Å². The maximum absolute atomic E-state index is 12.8. The van der Waals surface area contributed by atoms with E-state index >= 15 is 0 Å². The van der Waals surface area contributed by atoms with Gasteiger partial charge in [-0.2, -0.15) is 5.10 Å². The second kappa shape index (κ2) is 6.31. The zero-order valence-electron chi connectivity index (χ0n) is 14.4.